The number of halogens is 1. The third-order valence-corrected chi connectivity index (χ3v) is 3.04. The van der Waals surface area contributed by atoms with Crippen LogP contribution in [0, 0.1) is 0 Å². The second kappa shape index (κ2) is 5.34. The number of phenols is 1. The Morgan fingerprint density at radius 2 is 2.20 bits per heavy atom. The molecule has 3 N–H and O–H groups in total. The molecule has 0 heterocycles. The predicted molar refractivity (Wildman–Crippen MR) is 60.9 cm³/mol. The molecule has 1 unspecified atom stereocenters. The van der Waals surface area contributed by atoms with Crippen LogP contribution in [0.2, 0.25) is 0 Å². The average Bonchev–Trinajstić information content (AvgIpc) is 2.22. The van der Waals surface area contributed by atoms with Crippen molar-refractivity contribution in [2.24, 2.45) is 5.90 Å². The molecule has 0 aliphatic rings. The maximum Gasteiger partial charge on any atom is 0.172 e. The highest BCUT2D eigenvalue weighted by Gasteiger charge is 2.15. The monoisotopic (exact) mass is 275 g/mol. The van der Waals surface area contributed by atoms with Gasteiger partial charge in [0.15, 0.2) is 11.5 Å². The first-order valence-corrected chi connectivity index (χ1v) is 5.28. The summed E-state index contributed by atoms with van der Waals surface area (Å²) in [5.41, 5.74) is 0.929. The van der Waals surface area contributed by atoms with E-state index in [1.807, 2.05) is 13.0 Å². The van der Waals surface area contributed by atoms with Crippen LogP contribution in [0.25, 0.3) is 0 Å². The van der Waals surface area contributed by atoms with Gasteiger partial charge in [-0.1, -0.05) is 13.0 Å². The molecule has 0 amide bonds. The quantitative estimate of drug-likeness (QED) is 0.827. The molecule has 1 aromatic carbocycles. The summed E-state index contributed by atoms with van der Waals surface area (Å²) < 4.78 is 5.60. The Balaban J connectivity index is 3.06. The van der Waals surface area contributed by atoms with Gasteiger partial charge in [-0.3, -0.25) is 0 Å². The third kappa shape index (κ3) is 2.62. The van der Waals surface area contributed by atoms with E-state index in [0.29, 0.717) is 16.8 Å². The number of benzene rings is 1. The van der Waals surface area contributed by atoms with Crippen LogP contribution in [0.4, 0.5) is 0 Å². The molecule has 0 bridgehead atoms. The maximum atomic E-state index is 9.75. The smallest absolute Gasteiger partial charge is 0.172 e. The Kier molecular flexibility index (Phi) is 4.38. The van der Waals surface area contributed by atoms with Crippen molar-refractivity contribution in [2.45, 2.75) is 12.8 Å². The van der Waals surface area contributed by atoms with Crippen LogP contribution >= 0.6 is 15.9 Å². The van der Waals surface area contributed by atoms with Gasteiger partial charge in [-0.05, 0) is 27.6 Å². The molecule has 4 nitrogen and oxygen atoms in total. The topological polar surface area (TPSA) is 64.7 Å². The standard InChI is InChI=1S/C10H14BrNO3/c1-6(5-15-12)7-3-4-8(14-2)10(13)9(7)11/h3-4,6,13H,5,12H2,1-2H3. The summed E-state index contributed by atoms with van der Waals surface area (Å²) in [7, 11) is 1.51. The highest BCUT2D eigenvalue weighted by Crippen LogP contribution is 2.39. The van der Waals surface area contributed by atoms with Crippen LogP contribution < -0.4 is 10.6 Å². The molecule has 0 aromatic heterocycles. The maximum absolute atomic E-state index is 9.75. The minimum atomic E-state index is 0.0962. The van der Waals surface area contributed by atoms with Crippen LogP contribution in [-0.4, -0.2) is 18.8 Å². The third-order valence-electron chi connectivity index (χ3n) is 2.21. The molecule has 0 spiro atoms. The van der Waals surface area contributed by atoms with Gasteiger partial charge in [-0.25, -0.2) is 5.90 Å². The Morgan fingerprint density at radius 1 is 1.53 bits per heavy atom. The van der Waals surface area contributed by atoms with E-state index in [9.17, 15) is 5.11 Å². The fraction of sp³-hybridized carbons (Fsp3) is 0.400. The number of aromatic hydroxyl groups is 1. The van der Waals surface area contributed by atoms with Gasteiger partial charge in [0.25, 0.3) is 0 Å². The Hall–Kier alpha value is -0.780. The Labute approximate surface area is 97.1 Å². The van der Waals surface area contributed by atoms with Crippen molar-refractivity contribution >= 4 is 15.9 Å². The van der Waals surface area contributed by atoms with Gasteiger partial charge in [-0.15, -0.1) is 0 Å². The molecule has 5 heteroatoms. The fourth-order valence-corrected chi connectivity index (χ4v) is 2.06. The summed E-state index contributed by atoms with van der Waals surface area (Å²) in [6.07, 6.45) is 0. The van der Waals surface area contributed by atoms with Gasteiger partial charge in [0.1, 0.15) is 0 Å². The summed E-state index contributed by atoms with van der Waals surface area (Å²) in [4.78, 5) is 4.58. The summed E-state index contributed by atoms with van der Waals surface area (Å²) in [5, 5.41) is 9.75. The zero-order valence-corrected chi connectivity index (χ0v) is 10.2. The summed E-state index contributed by atoms with van der Waals surface area (Å²) in [6.45, 7) is 2.35. The minimum Gasteiger partial charge on any atom is -0.503 e. The van der Waals surface area contributed by atoms with Gasteiger partial charge >= 0.3 is 0 Å². The lowest BCUT2D eigenvalue weighted by Gasteiger charge is -2.14. The van der Waals surface area contributed by atoms with Crippen LogP contribution in [0.1, 0.15) is 18.4 Å². The number of phenolic OH excluding ortho intramolecular Hbond substituents is 1. The van der Waals surface area contributed by atoms with E-state index in [2.05, 4.69) is 20.8 Å². The van der Waals surface area contributed by atoms with E-state index in [1.54, 1.807) is 6.07 Å². The molecule has 0 aliphatic carbocycles. The molecular formula is C10H14BrNO3. The van der Waals surface area contributed by atoms with Gasteiger partial charge in [0, 0.05) is 5.92 Å². The lowest BCUT2D eigenvalue weighted by molar-refractivity contribution is 0.126. The van der Waals surface area contributed by atoms with Gasteiger partial charge in [0.2, 0.25) is 0 Å². The first-order valence-electron chi connectivity index (χ1n) is 4.48. The first-order chi connectivity index (χ1) is 7.11. The van der Waals surface area contributed by atoms with E-state index in [0.717, 1.165) is 5.56 Å². The van der Waals surface area contributed by atoms with Gasteiger partial charge in [0.05, 0.1) is 18.2 Å². The minimum absolute atomic E-state index is 0.0962. The molecule has 0 radical (unpaired) electrons. The molecule has 0 fully saturated rings. The number of hydrogen-bond donors (Lipinski definition) is 2. The molecule has 1 rings (SSSR count). The van der Waals surface area contributed by atoms with Gasteiger partial charge in [-0.2, -0.15) is 0 Å². The normalized spacial score (nSPS) is 12.5. The van der Waals surface area contributed by atoms with E-state index in [-0.39, 0.29) is 11.7 Å². The predicted octanol–water partition coefficient (Wildman–Crippen LogP) is 2.16. The zero-order valence-electron chi connectivity index (χ0n) is 8.66. The molecular weight excluding hydrogens is 262 g/mol. The number of methoxy groups -OCH3 is 1. The summed E-state index contributed by atoms with van der Waals surface area (Å²) in [5.74, 6) is 5.64. The van der Waals surface area contributed by atoms with Crippen molar-refractivity contribution in [1.82, 2.24) is 0 Å². The lowest BCUT2D eigenvalue weighted by Crippen LogP contribution is -2.09. The molecule has 1 aromatic rings. The van der Waals surface area contributed by atoms with Crippen molar-refractivity contribution < 1.29 is 14.7 Å². The van der Waals surface area contributed by atoms with Crippen LogP contribution in [0.3, 0.4) is 0 Å². The summed E-state index contributed by atoms with van der Waals surface area (Å²) >= 11 is 3.32. The van der Waals surface area contributed by atoms with Crippen LogP contribution in [0.15, 0.2) is 16.6 Å². The van der Waals surface area contributed by atoms with Crippen molar-refractivity contribution in [1.29, 1.82) is 0 Å². The highest BCUT2D eigenvalue weighted by atomic mass is 79.9. The molecule has 0 aliphatic heterocycles. The molecule has 0 saturated heterocycles. The Morgan fingerprint density at radius 3 is 2.73 bits per heavy atom. The number of nitrogens with two attached hydrogens (primary N) is 1. The van der Waals surface area contributed by atoms with Crippen molar-refractivity contribution in [3.8, 4) is 11.5 Å². The second-order valence-corrected chi connectivity index (χ2v) is 4.05. The molecule has 84 valence electrons. The van der Waals surface area contributed by atoms with E-state index in [1.165, 1.54) is 7.11 Å². The first kappa shape index (κ1) is 12.3. The van der Waals surface area contributed by atoms with Gasteiger partial charge < -0.3 is 14.7 Å². The van der Waals surface area contributed by atoms with Crippen LogP contribution in [0.5, 0.6) is 11.5 Å². The Bertz CT molecular complexity index is 344. The largest absolute Gasteiger partial charge is 0.503 e. The van der Waals surface area contributed by atoms with E-state index >= 15 is 0 Å². The molecule has 0 saturated carbocycles. The number of ether oxygens (including phenoxy) is 1. The van der Waals surface area contributed by atoms with Crippen molar-refractivity contribution in [2.75, 3.05) is 13.7 Å². The van der Waals surface area contributed by atoms with E-state index in [4.69, 9.17) is 10.6 Å². The SMILES string of the molecule is COc1ccc(C(C)CON)c(Br)c1O. The van der Waals surface area contributed by atoms with Crippen molar-refractivity contribution in [3.63, 3.8) is 0 Å². The van der Waals surface area contributed by atoms with Crippen LogP contribution in [-0.2, 0) is 4.84 Å². The average molecular weight is 276 g/mol. The fourth-order valence-electron chi connectivity index (χ4n) is 1.34. The summed E-state index contributed by atoms with van der Waals surface area (Å²) in [6, 6.07) is 3.58. The highest BCUT2D eigenvalue weighted by molar-refractivity contribution is 9.10. The second-order valence-electron chi connectivity index (χ2n) is 3.25. The molecule has 1 atom stereocenters. The van der Waals surface area contributed by atoms with E-state index < -0.39 is 0 Å². The number of hydrogen-bond acceptors (Lipinski definition) is 4. The number of rotatable bonds is 4. The zero-order chi connectivity index (χ0) is 11.4. The lowest BCUT2D eigenvalue weighted by atomic mass is 10.0. The van der Waals surface area contributed by atoms with Crippen molar-refractivity contribution in [3.05, 3.63) is 22.2 Å². The molecule has 15 heavy (non-hydrogen) atoms.